The summed E-state index contributed by atoms with van der Waals surface area (Å²) in [7, 11) is 0. The monoisotopic (exact) mass is 304 g/mol. The summed E-state index contributed by atoms with van der Waals surface area (Å²) in [6.07, 6.45) is 1.02. The molecular formula is C14H16N4S2. The summed E-state index contributed by atoms with van der Waals surface area (Å²) in [5, 5.41) is 11.9. The summed E-state index contributed by atoms with van der Waals surface area (Å²) >= 11 is 3.44. The number of aromatic nitrogens is 2. The Morgan fingerprint density at radius 1 is 1.10 bits per heavy atom. The van der Waals surface area contributed by atoms with E-state index in [1.807, 2.05) is 6.92 Å². The maximum Gasteiger partial charge on any atom is 0.226 e. The largest absolute Gasteiger partial charge is 0.369 e. The molecule has 0 radical (unpaired) electrons. The lowest BCUT2D eigenvalue weighted by molar-refractivity contribution is 1.02. The SMILES string of the molecule is CCNc1nc(NCCc2cccs2)c2ccsc2n1. The van der Waals surface area contributed by atoms with E-state index in [9.17, 15) is 0 Å². The second-order valence-corrected chi connectivity index (χ2v) is 6.25. The highest BCUT2D eigenvalue weighted by molar-refractivity contribution is 7.16. The normalized spacial score (nSPS) is 10.8. The van der Waals surface area contributed by atoms with Crippen molar-refractivity contribution in [3.05, 3.63) is 33.8 Å². The fraction of sp³-hybridized carbons (Fsp3) is 0.286. The smallest absolute Gasteiger partial charge is 0.226 e. The van der Waals surface area contributed by atoms with E-state index in [0.29, 0.717) is 5.95 Å². The third-order valence-corrected chi connectivity index (χ3v) is 4.65. The van der Waals surface area contributed by atoms with Gasteiger partial charge in [0.25, 0.3) is 0 Å². The number of hydrogen-bond donors (Lipinski definition) is 2. The third-order valence-electron chi connectivity index (χ3n) is 2.90. The molecule has 20 heavy (non-hydrogen) atoms. The average Bonchev–Trinajstić information content (AvgIpc) is 3.09. The molecule has 0 aliphatic carbocycles. The van der Waals surface area contributed by atoms with Crippen LogP contribution >= 0.6 is 22.7 Å². The van der Waals surface area contributed by atoms with Crippen molar-refractivity contribution in [2.24, 2.45) is 0 Å². The highest BCUT2D eigenvalue weighted by atomic mass is 32.1. The lowest BCUT2D eigenvalue weighted by atomic mass is 10.3. The Morgan fingerprint density at radius 2 is 2.05 bits per heavy atom. The van der Waals surface area contributed by atoms with Gasteiger partial charge in [-0.05, 0) is 36.2 Å². The molecule has 0 aliphatic heterocycles. The average molecular weight is 304 g/mol. The van der Waals surface area contributed by atoms with Crippen LogP contribution < -0.4 is 10.6 Å². The molecule has 0 aromatic carbocycles. The molecule has 104 valence electrons. The first-order valence-corrected chi connectivity index (χ1v) is 8.38. The van der Waals surface area contributed by atoms with Crippen LogP contribution in [0.5, 0.6) is 0 Å². The zero-order chi connectivity index (χ0) is 13.8. The van der Waals surface area contributed by atoms with Crippen molar-refractivity contribution in [1.29, 1.82) is 0 Å². The Bertz CT molecular complexity index is 676. The molecule has 0 saturated carbocycles. The molecule has 0 atom stereocenters. The number of nitrogens with zero attached hydrogens (tertiary/aromatic N) is 2. The zero-order valence-electron chi connectivity index (χ0n) is 11.2. The number of hydrogen-bond acceptors (Lipinski definition) is 6. The number of anilines is 2. The zero-order valence-corrected chi connectivity index (χ0v) is 12.9. The van der Waals surface area contributed by atoms with Gasteiger partial charge < -0.3 is 10.6 Å². The summed E-state index contributed by atoms with van der Waals surface area (Å²) < 4.78 is 0. The van der Waals surface area contributed by atoms with Crippen molar-refractivity contribution in [3.8, 4) is 0 Å². The van der Waals surface area contributed by atoms with Gasteiger partial charge in [-0.15, -0.1) is 22.7 Å². The van der Waals surface area contributed by atoms with E-state index in [4.69, 9.17) is 0 Å². The molecule has 3 aromatic rings. The lowest BCUT2D eigenvalue weighted by Crippen LogP contribution is -2.09. The fourth-order valence-electron chi connectivity index (χ4n) is 1.99. The van der Waals surface area contributed by atoms with Gasteiger partial charge in [0.1, 0.15) is 10.6 Å². The van der Waals surface area contributed by atoms with E-state index in [2.05, 4.69) is 49.6 Å². The van der Waals surface area contributed by atoms with Crippen molar-refractivity contribution < 1.29 is 0 Å². The van der Waals surface area contributed by atoms with Gasteiger partial charge in [0, 0.05) is 18.0 Å². The molecule has 2 N–H and O–H groups in total. The summed E-state index contributed by atoms with van der Waals surface area (Å²) in [6.45, 7) is 3.76. The molecule has 0 aliphatic rings. The lowest BCUT2D eigenvalue weighted by Gasteiger charge is -2.08. The van der Waals surface area contributed by atoms with E-state index in [1.54, 1.807) is 22.7 Å². The molecular weight excluding hydrogens is 288 g/mol. The Labute approximate surface area is 125 Å². The van der Waals surface area contributed by atoms with E-state index >= 15 is 0 Å². The van der Waals surface area contributed by atoms with Crippen LogP contribution in [0.25, 0.3) is 10.2 Å². The summed E-state index contributed by atoms with van der Waals surface area (Å²) in [4.78, 5) is 11.5. The topological polar surface area (TPSA) is 49.8 Å². The molecule has 6 heteroatoms. The van der Waals surface area contributed by atoms with Crippen molar-refractivity contribution in [1.82, 2.24) is 9.97 Å². The van der Waals surface area contributed by atoms with Gasteiger partial charge in [0.2, 0.25) is 5.95 Å². The Hall–Kier alpha value is -1.66. The molecule has 3 aromatic heterocycles. The molecule has 0 fully saturated rings. The minimum Gasteiger partial charge on any atom is -0.369 e. The van der Waals surface area contributed by atoms with Gasteiger partial charge in [0.15, 0.2) is 0 Å². The summed E-state index contributed by atoms with van der Waals surface area (Å²) in [5.74, 6) is 1.62. The van der Waals surface area contributed by atoms with Crippen molar-refractivity contribution >= 4 is 44.7 Å². The van der Waals surface area contributed by atoms with Crippen molar-refractivity contribution in [2.75, 3.05) is 23.7 Å². The molecule has 0 bridgehead atoms. The quantitative estimate of drug-likeness (QED) is 0.726. The molecule has 3 rings (SSSR count). The number of nitrogens with one attached hydrogen (secondary N) is 2. The number of rotatable bonds is 6. The third kappa shape index (κ3) is 2.91. The fourth-order valence-corrected chi connectivity index (χ4v) is 3.46. The van der Waals surface area contributed by atoms with Gasteiger partial charge in [-0.25, -0.2) is 4.98 Å². The second kappa shape index (κ2) is 6.19. The van der Waals surface area contributed by atoms with Crippen LogP contribution in [0.4, 0.5) is 11.8 Å². The molecule has 4 nitrogen and oxygen atoms in total. The van der Waals surface area contributed by atoms with E-state index < -0.39 is 0 Å². The number of fused-ring (bicyclic) bond motifs is 1. The van der Waals surface area contributed by atoms with Gasteiger partial charge in [-0.2, -0.15) is 4.98 Å². The van der Waals surface area contributed by atoms with Crippen molar-refractivity contribution in [3.63, 3.8) is 0 Å². The van der Waals surface area contributed by atoms with Crippen molar-refractivity contribution in [2.45, 2.75) is 13.3 Å². The molecule has 0 amide bonds. The van der Waals surface area contributed by atoms with Crippen LogP contribution in [-0.2, 0) is 6.42 Å². The molecule has 0 unspecified atom stereocenters. The van der Waals surface area contributed by atoms with Gasteiger partial charge in [-0.3, -0.25) is 0 Å². The Kier molecular flexibility index (Phi) is 4.13. The Balaban J connectivity index is 1.76. The van der Waals surface area contributed by atoms with Crippen LogP contribution in [0, 0.1) is 0 Å². The first-order valence-electron chi connectivity index (χ1n) is 6.62. The summed E-state index contributed by atoms with van der Waals surface area (Å²) in [6, 6.07) is 6.32. The molecule has 0 spiro atoms. The van der Waals surface area contributed by atoms with Crippen LogP contribution in [0.15, 0.2) is 29.0 Å². The standard InChI is InChI=1S/C14H16N4S2/c1-2-15-14-17-12(11-6-9-20-13(11)18-14)16-7-5-10-4-3-8-19-10/h3-4,6,8-9H,2,5,7H2,1H3,(H2,15,16,17,18). The van der Waals surface area contributed by atoms with Crippen LogP contribution in [0.2, 0.25) is 0 Å². The van der Waals surface area contributed by atoms with Crippen LogP contribution in [0.1, 0.15) is 11.8 Å². The first kappa shape index (κ1) is 13.3. The highest BCUT2D eigenvalue weighted by Crippen LogP contribution is 2.26. The highest BCUT2D eigenvalue weighted by Gasteiger charge is 2.08. The predicted molar refractivity (Wildman–Crippen MR) is 88.1 cm³/mol. The number of thiophene rings is 2. The molecule has 0 saturated heterocycles. The first-order chi connectivity index (χ1) is 9.86. The second-order valence-electron chi connectivity index (χ2n) is 4.32. The van der Waals surface area contributed by atoms with E-state index in [-0.39, 0.29) is 0 Å². The maximum absolute atomic E-state index is 4.56. The minimum atomic E-state index is 0.695. The van der Waals surface area contributed by atoms with E-state index in [0.717, 1.165) is 35.5 Å². The van der Waals surface area contributed by atoms with E-state index in [1.165, 1.54) is 4.88 Å². The van der Waals surface area contributed by atoms with Gasteiger partial charge in [-0.1, -0.05) is 6.07 Å². The summed E-state index contributed by atoms with van der Waals surface area (Å²) in [5.41, 5.74) is 0. The van der Waals surface area contributed by atoms with Gasteiger partial charge in [0.05, 0.1) is 5.39 Å². The molecule has 3 heterocycles. The van der Waals surface area contributed by atoms with Gasteiger partial charge >= 0.3 is 0 Å². The predicted octanol–water partition coefficient (Wildman–Crippen LogP) is 3.84. The maximum atomic E-state index is 4.56. The Morgan fingerprint density at radius 3 is 2.85 bits per heavy atom. The van der Waals surface area contributed by atoms with Crippen LogP contribution in [-0.4, -0.2) is 23.1 Å². The van der Waals surface area contributed by atoms with Crippen LogP contribution in [0.3, 0.4) is 0 Å². The minimum absolute atomic E-state index is 0.695.